The Morgan fingerprint density at radius 3 is 2.74 bits per heavy atom. The summed E-state index contributed by atoms with van der Waals surface area (Å²) in [5.74, 6) is 1.99. The number of methoxy groups -OCH3 is 1. The fraction of sp³-hybridized carbons (Fsp3) is 0.133. The third-order valence-electron chi connectivity index (χ3n) is 3.08. The molecule has 0 atom stereocenters. The number of hydrogen-bond acceptors (Lipinski definition) is 3. The average molecular weight is 319 g/mol. The molecule has 0 amide bonds. The molecule has 0 saturated heterocycles. The van der Waals surface area contributed by atoms with Gasteiger partial charge in [0, 0.05) is 16.5 Å². The number of ether oxygens (including phenoxy) is 2. The number of hydrogen-bond donors (Lipinski definition) is 0. The van der Waals surface area contributed by atoms with Crippen molar-refractivity contribution >= 4 is 21.7 Å². The van der Waals surface area contributed by atoms with E-state index in [9.17, 15) is 4.79 Å². The first-order chi connectivity index (χ1) is 9.17. The van der Waals surface area contributed by atoms with Gasteiger partial charge in [-0.15, -0.1) is 0 Å². The van der Waals surface area contributed by atoms with Gasteiger partial charge in [0.25, 0.3) is 0 Å². The normalized spacial score (nSPS) is 13.1. The summed E-state index contributed by atoms with van der Waals surface area (Å²) >= 11 is 3.41. The van der Waals surface area contributed by atoms with E-state index < -0.39 is 0 Å². The summed E-state index contributed by atoms with van der Waals surface area (Å²) in [6.45, 7) is 0. The van der Waals surface area contributed by atoms with Gasteiger partial charge in [0.1, 0.15) is 17.2 Å². The van der Waals surface area contributed by atoms with E-state index in [0.29, 0.717) is 23.5 Å². The SMILES string of the molecule is COc1ccc2c(c1)C(=O)Cc1cc(Br)ccc1O2. The minimum atomic E-state index is 0.0331. The van der Waals surface area contributed by atoms with Crippen molar-refractivity contribution in [3.8, 4) is 17.2 Å². The molecule has 0 fully saturated rings. The van der Waals surface area contributed by atoms with Gasteiger partial charge < -0.3 is 9.47 Å². The standard InChI is InChI=1S/C15H11BrO3/c1-18-11-3-5-15-12(8-11)13(17)7-9-6-10(16)2-4-14(9)19-15/h2-6,8H,7H2,1H3. The van der Waals surface area contributed by atoms with E-state index in [-0.39, 0.29) is 5.78 Å². The van der Waals surface area contributed by atoms with Crippen LogP contribution in [0.3, 0.4) is 0 Å². The lowest BCUT2D eigenvalue weighted by atomic mass is 10.0. The highest BCUT2D eigenvalue weighted by Gasteiger charge is 2.21. The number of Topliss-reactive ketones (excluding diaryl/α,β-unsaturated/α-hetero) is 1. The molecular weight excluding hydrogens is 308 g/mol. The van der Waals surface area contributed by atoms with Crippen molar-refractivity contribution < 1.29 is 14.3 Å². The first kappa shape index (κ1) is 12.2. The summed E-state index contributed by atoms with van der Waals surface area (Å²) in [5, 5.41) is 0. The van der Waals surface area contributed by atoms with Crippen molar-refractivity contribution in [3.05, 3.63) is 52.0 Å². The van der Waals surface area contributed by atoms with Crippen LogP contribution >= 0.6 is 15.9 Å². The van der Waals surface area contributed by atoms with Crippen LogP contribution in [0.25, 0.3) is 0 Å². The van der Waals surface area contributed by atoms with E-state index in [4.69, 9.17) is 9.47 Å². The number of carbonyl (C=O) groups is 1. The maximum Gasteiger partial charge on any atom is 0.171 e. The summed E-state index contributed by atoms with van der Waals surface area (Å²) in [5.41, 5.74) is 1.45. The van der Waals surface area contributed by atoms with Crippen molar-refractivity contribution in [1.82, 2.24) is 0 Å². The van der Waals surface area contributed by atoms with Crippen LogP contribution in [0.5, 0.6) is 17.2 Å². The smallest absolute Gasteiger partial charge is 0.171 e. The number of rotatable bonds is 1. The maximum absolute atomic E-state index is 12.3. The molecule has 0 saturated carbocycles. The molecule has 0 unspecified atom stereocenters. The van der Waals surface area contributed by atoms with Crippen LogP contribution in [0, 0.1) is 0 Å². The van der Waals surface area contributed by atoms with Crippen molar-refractivity contribution in [3.63, 3.8) is 0 Å². The van der Waals surface area contributed by atoms with Crippen molar-refractivity contribution in [2.75, 3.05) is 7.11 Å². The largest absolute Gasteiger partial charge is 0.497 e. The first-order valence-electron chi connectivity index (χ1n) is 5.85. The summed E-state index contributed by atoms with van der Waals surface area (Å²) in [6.07, 6.45) is 0.328. The van der Waals surface area contributed by atoms with Gasteiger partial charge in [0.15, 0.2) is 5.78 Å². The molecule has 0 spiro atoms. The summed E-state index contributed by atoms with van der Waals surface area (Å²) < 4.78 is 11.9. The van der Waals surface area contributed by atoms with Crippen molar-refractivity contribution in [1.29, 1.82) is 0 Å². The van der Waals surface area contributed by atoms with E-state index in [1.54, 1.807) is 25.3 Å². The van der Waals surface area contributed by atoms with E-state index >= 15 is 0 Å². The van der Waals surface area contributed by atoms with E-state index in [2.05, 4.69) is 15.9 Å². The summed E-state index contributed by atoms with van der Waals surface area (Å²) in [6, 6.07) is 11.0. The zero-order valence-corrected chi connectivity index (χ0v) is 11.9. The molecule has 1 aliphatic rings. The first-order valence-corrected chi connectivity index (χ1v) is 6.64. The van der Waals surface area contributed by atoms with Crippen LogP contribution in [0.2, 0.25) is 0 Å². The lowest BCUT2D eigenvalue weighted by Crippen LogP contribution is -2.02. The van der Waals surface area contributed by atoms with Gasteiger partial charge in [-0.2, -0.15) is 0 Å². The summed E-state index contributed by atoms with van der Waals surface area (Å²) in [7, 11) is 1.58. The highest BCUT2D eigenvalue weighted by molar-refractivity contribution is 9.10. The van der Waals surface area contributed by atoms with Gasteiger partial charge in [-0.25, -0.2) is 0 Å². The minimum Gasteiger partial charge on any atom is -0.497 e. The second-order valence-electron chi connectivity index (χ2n) is 4.32. The van der Waals surface area contributed by atoms with Gasteiger partial charge in [-0.1, -0.05) is 15.9 Å². The highest BCUT2D eigenvalue weighted by Crippen LogP contribution is 2.36. The minimum absolute atomic E-state index is 0.0331. The molecule has 2 aromatic carbocycles. The molecule has 0 radical (unpaired) electrons. The van der Waals surface area contributed by atoms with Gasteiger partial charge in [0.2, 0.25) is 0 Å². The van der Waals surface area contributed by atoms with Gasteiger partial charge in [-0.05, 0) is 36.4 Å². The zero-order valence-electron chi connectivity index (χ0n) is 10.3. The van der Waals surface area contributed by atoms with Crippen LogP contribution in [-0.4, -0.2) is 12.9 Å². The van der Waals surface area contributed by atoms with Crippen LogP contribution < -0.4 is 9.47 Å². The Morgan fingerprint density at radius 2 is 1.95 bits per heavy atom. The van der Waals surface area contributed by atoms with Gasteiger partial charge in [0.05, 0.1) is 12.7 Å². The predicted molar refractivity (Wildman–Crippen MR) is 75.2 cm³/mol. The number of ketones is 1. The Morgan fingerprint density at radius 1 is 1.16 bits per heavy atom. The molecule has 4 heteroatoms. The third kappa shape index (κ3) is 2.24. The van der Waals surface area contributed by atoms with Gasteiger partial charge in [-0.3, -0.25) is 4.79 Å². The third-order valence-corrected chi connectivity index (χ3v) is 3.57. The molecule has 1 heterocycles. The Labute approximate surface area is 119 Å². The Balaban J connectivity index is 2.12. The maximum atomic E-state index is 12.3. The van der Waals surface area contributed by atoms with Crippen molar-refractivity contribution in [2.45, 2.75) is 6.42 Å². The lowest BCUT2D eigenvalue weighted by molar-refractivity contribution is 0.0993. The quantitative estimate of drug-likeness (QED) is 0.797. The monoisotopic (exact) mass is 318 g/mol. The second-order valence-corrected chi connectivity index (χ2v) is 5.23. The predicted octanol–water partition coefficient (Wildman–Crippen LogP) is 3.99. The zero-order chi connectivity index (χ0) is 13.4. The van der Waals surface area contributed by atoms with E-state index in [0.717, 1.165) is 15.8 Å². The fourth-order valence-corrected chi connectivity index (χ4v) is 2.52. The van der Waals surface area contributed by atoms with Crippen LogP contribution in [-0.2, 0) is 6.42 Å². The molecule has 0 bridgehead atoms. The van der Waals surface area contributed by atoms with E-state index in [1.807, 2.05) is 18.2 Å². The molecule has 0 N–H and O–H groups in total. The molecular formula is C15H11BrO3. The lowest BCUT2D eigenvalue weighted by Gasteiger charge is -2.09. The van der Waals surface area contributed by atoms with E-state index in [1.165, 1.54) is 0 Å². The second kappa shape index (κ2) is 4.70. The van der Waals surface area contributed by atoms with Gasteiger partial charge >= 0.3 is 0 Å². The molecule has 0 aromatic heterocycles. The number of carbonyl (C=O) groups excluding carboxylic acids is 1. The fourth-order valence-electron chi connectivity index (χ4n) is 2.12. The van der Waals surface area contributed by atoms with Crippen LogP contribution in [0.1, 0.15) is 15.9 Å². The number of benzene rings is 2. The average Bonchev–Trinajstić information content (AvgIpc) is 2.54. The Hall–Kier alpha value is -1.81. The summed E-state index contributed by atoms with van der Waals surface area (Å²) in [4.78, 5) is 12.3. The molecule has 19 heavy (non-hydrogen) atoms. The Kier molecular flexibility index (Phi) is 3.03. The highest BCUT2D eigenvalue weighted by atomic mass is 79.9. The molecule has 3 nitrogen and oxygen atoms in total. The molecule has 1 aliphatic heterocycles. The van der Waals surface area contributed by atoms with Crippen LogP contribution in [0.15, 0.2) is 40.9 Å². The van der Waals surface area contributed by atoms with Crippen molar-refractivity contribution in [2.24, 2.45) is 0 Å². The number of halogens is 1. The Bertz CT molecular complexity index is 664. The molecule has 96 valence electrons. The number of fused-ring (bicyclic) bond motifs is 2. The molecule has 0 aliphatic carbocycles. The van der Waals surface area contributed by atoms with Crippen LogP contribution in [0.4, 0.5) is 0 Å². The topological polar surface area (TPSA) is 35.5 Å². The molecule has 3 rings (SSSR count). The molecule has 2 aromatic rings.